The molecule has 4 aromatic heterocycles. The van der Waals surface area contributed by atoms with Gasteiger partial charge in [0.05, 0.1) is 31.5 Å². The lowest BCUT2D eigenvalue weighted by Crippen LogP contribution is -2.01. The Kier molecular flexibility index (Phi) is 8.52. The molecule has 0 saturated heterocycles. The standard InChI is InChI=1S/C59H34N6S2/c1-2-15-39(16-3-1)65-50-25-11-8-21-45(50)54-46(22-14-26-51(54)65)57-63-55(35-29-30-44-42-19-5-4-17-40(42)41-18-6-7-20-43(41)47(44)34-35)62-56(64-57)36-31-37(58-60-48-23-9-12-27-52(48)66-58)33-38(32-36)59-61-49-24-10-13-28-53(49)67-59/h1-34H. The third-order valence-corrected chi connectivity index (χ3v) is 15.0. The topological polar surface area (TPSA) is 69.4 Å². The number of aromatic nitrogens is 6. The molecule has 0 spiro atoms. The van der Waals surface area contributed by atoms with Crippen molar-refractivity contribution in [2.75, 3.05) is 0 Å². The molecule has 0 bridgehead atoms. The lowest BCUT2D eigenvalue weighted by Gasteiger charge is -2.13. The van der Waals surface area contributed by atoms with Gasteiger partial charge in [-0.15, -0.1) is 22.7 Å². The number of para-hydroxylation sites is 4. The lowest BCUT2D eigenvalue weighted by atomic mass is 9.93. The van der Waals surface area contributed by atoms with Crippen molar-refractivity contribution in [2.45, 2.75) is 0 Å². The lowest BCUT2D eigenvalue weighted by molar-refractivity contribution is 1.08. The van der Waals surface area contributed by atoms with Crippen LogP contribution < -0.4 is 0 Å². The number of benzene rings is 10. The summed E-state index contributed by atoms with van der Waals surface area (Å²) in [5.41, 5.74) is 9.88. The van der Waals surface area contributed by atoms with Gasteiger partial charge in [-0.2, -0.15) is 0 Å². The number of hydrogen-bond donors (Lipinski definition) is 0. The zero-order valence-electron chi connectivity index (χ0n) is 35.6. The fraction of sp³-hybridized carbons (Fsp3) is 0. The van der Waals surface area contributed by atoms with E-state index in [0.717, 1.165) is 91.1 Å². The Morgan fingerprint density at radius 3 is 1.45 bits per heavy atom. The second kappa shape index (κ2) is 15.1. The SMILES string of the molecule is c1ccc(-n2c3ccccc3c3c(-c4nc(-c5cc(-c6nc7ccccc7s6)cc(-c6nc7ccccc7s6)c5)nc(-c5ccc6c7ccccc7c7ccccc7c6c5)n4)cccc32)cc1. The molecular formula is C59H34N6S2. The van der Waals surface area contributed by atoms with Crippen molar-refractivity contribution in [1.82, 2.24) is 29.5 Å². The highest BCUT2D eigenvalue weighted by molar-refractivity contribution is 7.22. The molecule has 0 N–H and O–H groups in total. The van der Waals surface area contributed by atoms with E-state index in [9.17, 15) is 0 Å². The van der Waals surface area contributed by atoms with E-state index in [2.05, 4.69) is 199 Å². The number of thiazole rings is 2. The van der Waals surface area contributed by atoms with Gasteiger partial charge >= 0.3 is 0 Å². The predicted octanol–water partition coefficient (Wildman–Crippen LogP) is 16.0. The molecule has 67 heavy (non-hydrogen) atoms. The smallest absolute Gasteiger partial charge is 0.164 e. The first-order valence-corrected chi connectivity index (χ1v) is 23.9. The fourth-order valence-electron chi connectivity index (χ4n) is 9.86. The zero-order valence-corrected chi connectivity index (χ0v) is 37.3. The third kappa shape index (κ3) is 6.18. The minimum atomic E-state index is 0.567. The van der Waals surface area contributed by atoms with Crippen molar-refractivity contribution < 1.29 is 0 Å². The Hall–Kier alpha value is -8.43. The second-order valence-corrected chi connectivity index (χ2v) is 18.9. The summed E-state index contributed by atoms with van der Waals surface area (Å²) < 4.78 is 4.60. The van der Waals surface area contributed by atoms with Gasteiger partial charge in [-0.3, -0.25) is 0 Å². The van der Waals surface area contributed by atoms with E-state index in [1.807, 2.05) is 12.1 Å². The average molecular weight is 891 g/mol. The van der Waals surface area contributed by atoms with Gasteiger partial charge in [0.2, 0.25) is 0 Å². The van der Waals surface area contributed by atoms with E-state index < -0.39 is 0 Å². The van der Waals surface area contributed by atoms with Gasteiger partial charge in [-0.1, -0.05) is 133 Å². The summed E-state index contributed by atoms with van der Waals surface area (Å²) in [6, 6.07) is 72.8. The molecule has 0 fully saturated rings. The molecular weight excluding hydrogens is 857 g/mol. The molecule has 14 rings (SSSR count). The highest BCUT2D eigenvalue weighted by Crippen LogP contribution is 2.42. The van der Waals surface area contributed by atoms with E-state index >= 15 is 0 Å². The maximum Gasteiger partial charge on any atom is 0.164 e. The predicted molar refractivity (Wildman–Crippen MR) is 280 cm³/mol. The first-order valence-electron chi connectivity index (χ1n) is 22.2. The van der Waals surface area contributed by atoms with Crippen LogP contribution in [0.15, 0.2) is 206 Å². The van der Waals surface area contributed by atoms with Crippen LogP contribution in [0.2, 0.25) is 0 Å². The number of nitrogens with zero attached hydrogens (tertiary/aromatic N) is 6. The Labute approximate surface area is 391 Å². The van der Waals surface area contributed by atoms with E-state index in [1.165, 1.54) is 26.9 Å². The molecule has 14 aromatic rings. The molecule has 0 aliphatic heterocycles. The van der Waals surface area contributed by atoms with Gasteiger partial charge in [0.15, 0.2) is 17.5 Å². The molecule has 0 saturated carbocycles. The summed E-state index contributed by atoms with van der Waals surface area (Å²) >= 11 is 3.37. The molecule has 0 radical (unpaired) electrons. The van der Waals surface area contributed by atoms with Crippen LogP contribution in [-0.4, -0.2) is 29.5 Å². The third-order valence-electron chi connectivity index (χ3n) is 12.9. The van der Waals surface area contributed by atoms with Crippen molar-refractivity contribution in [2.24, 2.45) is 0 Å². The first kappa shape index (κ1) is 37.9. The molecule has 4 heterocycles. The minimum absolute atomic E-state index is 0.567. The fourth-order valence-corrected chi connectivity index (χ4v) is 11.8. The van der Waals surface area contributed by atoms with E-state index in [0.29, 0.717) is 17.5 Å². The van der Waals surface area contributed by atoms with Gasteiger partial charge in [-0.05, 0) is 105 Å². The molecule has 0 unspecified atom stereocenters. The monoisotopic (exact) mass is 890 g/mol. The van der Waals surface area contributed by atoms with Crippen LogP contribution in [0.1, 0.15) is 0 Å². The number of rotatable bonds is 6. The maximum absolute atomic E-state index is 5.48. The van der Waals surface area contributed by atoms with E-state index in [4.69, 9.17) is 24.9 Å². The van der Waals surface area contributed by atoms with Crippen LogP contribution in [0, 0.1) is 0 Å². The quantitative estimate of drug-likeness (QED) is 0.156. The van der Waals surface area contributed by atoms with Crippen molar-refractivity contribution in [1.29, 1.82) is 0 Å². The van der Waals surface area contributed by atoms with Crippen LogP contribution in [-0.2, 0) is 0 Å². The Bertz CT molecular complexity index is 4110. The van der Waals surface area contributed by atoms with Gasteiger partial charge in [0.1, 0.15) is 10.0 Å². The van der Waals surface area contributed by atoms with Crippen LogP contribution in [0.5, 0.6) is 0 Å². The minimum Gasteiger partial charge on any atom is -0.309 e. The van der Waals surface area contributed by atoms with Crippen LogP contribution in [0.3, 0.4) is 0 Å². The summed E-state index contributed by atoms with van der Waals surface area (Å²) in [6.45, 7) is 0. The molecule has 6 nitrogen and oxygen atoms in total. The Morgan fingerprint density at radius 1 is 0.313 bits per heavy atom. The summed E-state index contributed by atoms with van der Waals surface area (Å²) in [6.07, 6.45) is 0. The van der Waals surface area contributed by atoms with Crippen molar-refractivity contribution in [3.05, 3.63) is 206 Å². The summed E-state index contributed by atoms with van der Waals surface area (Å²) in [7, 11) is 0. The van der Waals surface area contributed by atoms with Crippen LogP contribution in [0.25, 0.3) is 136 Å². The summed E-state index contributed by atoms with van der Waals surface area (Å²) in [5, 5.41) is 11.3. The second-order valence-electron chi connectivity index (χ2n) is 16.8. The van der Waals surface area contributed by atoms with Gasteiger partial charge < -0.3 is 4.57 Å². The maximum atomic E-state index is 5.48. The highest BCUT2D eigenvalue weighted by Gasteiger charge is 2.22. The van der Waals surface area contributed by atoms with Crippen LogP contribution >= 0.6 is 22.7 Å². The molecule has 0 amide bonds. The summed E-state index contributed by atoms with van der Waals surface area (Å²) in [5.74, 6) is 1.75. The van der Waals surface area contributed by atoms with Gasteiger partial charge in [-0.25, -0.2) is 24.9 Å². The molecule has 0 atom stereocenters. The van der Waals surface area contributed by atoms with Crippen molar-refractivity contribution in [3.8, 4) is 61.0 Å². The number of hydrogen-bond acceptors (Lipinski definition) is 7. The molecule has 8 heteroatoms. The van der Waals surface area contributed by atoms with Crippen molar-refractivity contribution >= 4 is 97.2 Å². The molecule has 0 aliphatic carbocycles. The van der Waals surface area contributed by atoms with Gasteiger partial charge in [0, 0.05) is 44.3 Å². The van der Waals surface area contributed by atoms with Crippen LogP contribution in [0.4, 0.5) is 0 Å². The zero-order chi connectivity index (χ0) is 44.0. The first-order chi connectivity index (χ1) is 33.2. The average Bonchev–Trinajstić information content (AvgIpc) is 4.13. The molecule has 10 aromatic carbocycles. The Morgan fingerprint density at radius 2 is 0.806 bits per heavy atom. The largest absolute Gasteiger partial charge is 0.309 e. The van der Waals surface area contributed by atoms with E-state index in [-0.39, 0.29) is 0 Å². The number of fused-ring (bicyclic) bond motifs is 11. The highest BCUT2D eigenvalue weighted by atomic mass is 32.1. The van der Waals surface area contributed by atoms with E-state index in [1.54, 1.807) is 22.7 Å². The normalized spacial score (nSPS) is 11.9. The van der Waals surface area contributed by atoms with Crippen molar-refractivity contribution in [3.63, 3.8) is 0 Å². The van der Waals surface area contributed by atoms with Gasteiger partial charge in [0.25, 0.3) is 0 Å². The Balaban J connectivity index is 1.05. The summed E-state index contributed by atoms with van der Waals surface area (Å²) in [4.78, 5) is 26.6. The molecule has 312 valence electrons. The molecule has 0 aliphatic rings.